The van der Waals surface area contributed by atoms with Gasteiger partial charge in [0.1, 0.15) is 0 Å². The van der Waals surface area contributed by atoms with Gasteiger partial charge in [-0.25, -0.2) is 0 Å². The van der Waals surface area contributed by atoms with Crippen LogP contribution in [0.15, 0.2) is 0 Å². The molecule has 0 spiro atoms. The molecule has 0 aliphatic heterocycles. The first-order valence-corrected chi connectivity index (χ1v) is 4.10. The van der Waals surface area contributed by atoms with Crippen molar-refractivity contribution >= 4 is 5.97 Å². The van der Waals surface area contributed by atoms with Crippen LogP contribution in [0.2, 0.25) is 0 Å². The van der Waals surface area contributed by atoms with Crippen molar-refractivity contribution < 1.29 is 26.6 Å². The molecule has 2 nitrogen and oxygen atoms in total. The number of carbonyl (C=O) groups excluding carboxylic acids is 1. The van der Waals surface area contributed by atoms with Crippen molar-refractivity contribution in [2.75, 3.05) is 6.61 Å². The quantitative estimate of drug-likeness (QED) is 0.411. The van der Waals surface area contributed by atoms with Gasteiger partial charge in [-0.2, -0.15) is 13.3 Å². The van der Waals surface area contributed by atoms with E-state index in [0.717, 1.165) is 6.42 Å². The molecule has 0 saturated carbocycles. The second kappa shape index (κ2) is 17.2. The van der Waals surface area contributed by atoms with Crippen LogP contribution < -0.4 is 0 Å². The summed E-state index contributed by atoms with van der Waals surface area (Å²) in [7, 11) is 0. The van der Waals surface area contributed by atoms with Crippen LogP contribution in [0.25, 0.3) is 0 Å². The van der Waals surface area contributed by atoms with Gasteiger partial charge in [0, 0.05) is 24.0 Å². The topological polar surface area (TPSA) is 26.3 Å². The molecule has 0 radical (unpaired) electrons. The van der Waals surface area contributed by atoms with Crippen molar-refractivity contribution in [1.29, 1.82) is 0 Å². The van der Waals surface area contributed by atoms with E-state index < -0.39 is 0 Å². The minimum atomic E-state index is -0.193. The van der Waals surface area contributed by atoms with Crippen molar-refractivity contribution in [1.82, 2.24) is 0 Å². The monoisotopic (exact) mass is 215 g/mol. The van der Waals surface area contributed by atoms with Crippen LogP contribution in [0.1, 0.15) is 40.5 Å². The van der Waals surface area contributed by atoms with Gasteiger partial charge in [0.25, 0.3) is 0 Å². The fraction of sp³-hybridized carbons (Fsp3) is 0.778. The first-order chi connectivity index (χ1) is 5.18. The Kier molecular flexibility index (Phi) is 25.7. The van der Waals surface area contributed by atoms with E-state index in [0.29, 0.717) is 6.61 Å². The van der Waals surface area contributed by atoms with Gasteiger partial charge in [0.05, 0.1) is 6.61 Å². The third kappa shape index (κ3) is 32.4. The summed E-state index contributed by atoms with van der Waals surface area (Å²) < 4.78 is 4.55. The summed E-state index contributed by atoms with van der Waals surface area (Å²) in [5.74, 6) is -0.193. The van der Waals surface area contributed by atoms with Gasteiger partial charge >= 0.3 is 5.97 Å². The van der Waals surface area contributed by atoms with Gasteiger partial charge in [-0.05, 0) is 6.42 Å². The minimum Gasteiger partial charge on any atom is -0.466 e. The van der Waals surface area contributed by atoms with Crippen LogP contribution in [-0.2, 0) is 26.6 Å². The summed E-state index contributed by atoms with van der Waals surface area (Å²) in [6.45, 7) is 8.11. The second-order valence-electron chi connectivity index (χ2n) is 2.16. The van der Waals surface area contributed by atoms with E-state index in [1.165, 1.54) is 13.3 Å². The Labute approximate surface area is 86.5 Å². The number of unbranched alkanes of at least 4 members (excludes halogenated alkanes) is 1. The fourth-order valence-electron chi connectivity index (χ4n) is 0.246. The van der Waals surface area contributed by atoms with Gasteiger partial charge in [0.15, 0.2) is 0 Å². The number of rotatable bonds is 3. The molecule has 0 N–H and O–H groups in total. The molecule has 0 bridgehead atoms. The summed E-state index contributed by atoms with van der Waals surface area (Å²) in [5.41, 5.74) is 0. The van der Waals surface area contributed by atoms with Crippen LogP contribution in [0.4, 0.5) is 0 Å². The van der Waals surface area contributed by atoms with E-state index in [-0.39, 0.29) is 23.0 Å². The van der Waals surface area contributed by atoms with Crippen LogP contribution in [0.3, 0.4) is 0 Å². The summed E-state index contributed by atoms with van der Waals surface area (Å²) in [6, 6.07) is 0. The molecule has 0 aliphatic carbocycles. The maximum atomic E-state index is 9.98. The number of carbonyl (C=O) groups is 1. The summed E-state index contributed by atoms with van der Waals surface area (Å²) in [6.07, 6.45) is 4.22. The molecule has 0 aromatic carbocycles. The van der Waals surface area contributed by atoms with E-state index in [1.54, 1.807) is 0 Å². The summed E-state index contributed by atoms with van der Waals surface area (Å²) >= 11 is 0. The molecule has 0 aromatic heterocycles. The predicted octanol–water partition coefficient (Wildman–Crippen LogP) is 2.58. The van der Waals surface area contributed by atoms with E-state index in [1.807, 2.05) is 6.92 Å². The Morgan fingerprint density at radius 3 is 1.92 bits per heavy atom. The minimum absolute atomic E-state index is 0. The zero-order valence-corrected chi connectivity index (χ0v) is 9.47. The van der Waals surface area contributed by atoms with E-state index >= 15 is 0 Å². The third-order valence-corrected chi connectivity index (χ3v) is 0.918. The predicted molar refractivity (Wildman–Crippen MR) is 47.2 cm³/mol. The van der Waals surface area contributed by atoms with Crippen molar-refractivity contribution in [2.45, 2.75) is 40.5 Å². The van der Waals surface area contributed by atoms with E-state index in [9.17, 15) is 4.79 Å². The third-order valence-electron chi connectivity index (χ3n) is 0.918. The van der Waals surface area contributed by atoms with Crippen molar-refractivity contribution in [3.63, 3.8) is 0 Å². The van der Waals surface area contributed by atoms with Crippen molar-refractivity contribution in [2.24, 2.45) is 0 Å². The van der Waals surface area contributed by atoms with E-state index in [4.69, 9.17) is 0 Å². The summed E-state index contributed by atoms with van der Waals surface area (Å²) in [5, 5.41) is 0. The van der Waals surface area contributed by atoms with Gasteiger partial charge in [-0.3, -0.25) is 4.79 Å². The molecule has 76 valence electrons. The van der Waals surface area contributed by atoms with E-state index in [2.05, 4.69) is 25.0 Å². The Balaban J connectivity index is -0.000000142. The molecule has 0 amide bonds. The number of esters is 1. The molecule has 0 rings (SSSR count). The number of ether oxygens (including phenoxy) is 1. The molecule has 3 heteroatoms. The van der Waals surface area contributed by atoms with Gasteiger partial charge < -0.3 is 11.2 Å². The SMILES string of the molecule is CCCOC(C)=O.C[CH-]CC.[Fe]. The Morgan fingerprint density at radius 1 is 1.42 bits per heavy atom. The molecule has 0 fully saturated rings. The zero-order chi connectivity index (χ0) is 9.11. The molecule has 12 heavy (non-hydrogen) atoms. The molecule has 0 heterocycles. The largest absolute Gasteiger partial charge is 0.466 e. The van der Waals surface area contributed by atoms with Crippen molar-refractivity contribution in [3.05, 3.63) is 6.42 Å². The Bertz CT molecular complexity index is 82.6. The average molecular weight is 215 g/mol. The molecular weight excluding hydrogens is 196 g/mol. The van der Waals surface area contributed by atoms with Crippen LogP contribution >= 0.6 is 0 Å². The second-order valence-corrected chi connectivity index (χ2v) is 2.16. The van der Waals surface area contributed by atoms with Gasteiger partial charge in [-0.15, -0.1) is 0 Å². The molecule has 0 atom stereocenters. The standard InChI is InChI=1S/C5H10O2.C4H9.Fe/c1-3-4-7-5(2)6;1-3-4-2;/h3-4H2,1-2H3;3H,4H2,1-2H3;/q;-1;. The maximum absolute atomic E-state index is 9.98. The summed E-state index contributed by atoms with van der Waals surface area (Å²) in [4.78, 5) is 9.98. The molecule has 0 aromatic rings. The Morgan fingerprint density at radius 2 is 1.83 bits per heavy atom. The average Bonchev–Trinajstić information content (AvgIpc) is 2.01. The molecule has 0 saturated heterocycles. The van der Waals surface area contributed by atoms with Crippen LogP contribution in [-0.4, -0.2) is 12.6 Å². The van der Waals surface area contributed by atoms with Crippen molar-refractivity contribution in [3.8, 4) is 0 Å². The number of hydrogen-bond donors (Lipinski definition) is 0. The molecular formula is C9H19FeO2-. The van der Waals surface area contributed by atoms with Gasteiger partial charge in [-0.1, -0.05) is 13.8 Å². The van der Waals surface area contributed by atoms with Crippen LogP contribution in [0.5, 0.6) is 0 Å². The molecule has 0 aliphatic rings. The Hall–Kier alpha value is -0.0105. The van der Waals surface area contributed by atoms with Crippen LogP contribution in [0, 0.1) is 6.42 Å². The number of hydrogen-bond acceptors (Lipinski definition) is 2. The first kappa shape index (κ1) is 17.9. The molecule has 0 unspecified atom stereocenters. The maximum Gasteiger partial charge on any atom is 0.302 e. The van der Waals surface area contributed by atoms with Gasteiger partial charge in [0.2, 0.25) is 0 Å². The normalized spacial score (nSPS) is 7.33. The fourth-order valence-corrected chi connectivity index (χ4v) is 0.246. The first-order valence-electron chi connectivity index (χ1n) is 4.10. The zero-order valence-electron chi connectivity index (χ0n) is 8.37. The smallest absolute Gasteiger partial charge is 0.302 e.